The Hall–Kier alpha value is -1.15. The van der Waals surface area contributed by atoms with Crippen LogP contribution < -0.4 is 0 Å². The van der Waals surface area contributed by atoms with Crippen LogP contribution in [0.4, 0.5) is 0 Å². The number of rotatable bonds is 2. The molecule has 1 aromatic heterocycles. The molecule has 0 spiro atoms. The van der Waals surface area contributed by atoms with Gasteiger partial charge >= 0.3 is 5.97 Å². The Morgan fingerprint density at radius 3 is 2.61 bits per heavy atom. The molecule has 0 saturated heterocycles. The van der Waals surface area contributed by atoms with Crippen molar-refractivity contribution < 1.29 is 19.7 Å². The summed E-state index contributed by atoms with van der Waals surface area (Å²) in [6, 6.07) is 0. The predicted octanol–water partition coefficient (Wildman–Crippen LogP) is 5.94. The van der Waals surface area contributed by atoms with E-state index in [0.717, 1.165) is 35.5 Å². The molecule has 0 bridgehead atoms. The number of esters is 1. The molecule has 0 amide bonds. The Morgan fingerprint density at radius 1 is 1.27 bits per heavy atom. The topological polar surface area (TPSA) is 79.7 Å². The number of hydrogen-bond acceptors (Lipinski definition) is 7. The van der Waals surface area contributed by atoms with Gasteiger partial charge in [-0.15, -0.1) is 23.1 Å². The summed E-state index contributed by atoms with van der Waals surface area (Å²) in [6.45, 7) is 14.0. The van der Waals surface area contributed by atoms with Gasteiger partial charge in [-0.25, -0.2) is 4.98 Å². The zero-order valence-corrected chi connectivity index (χ0v) is 22.8. The van der Waals surface area contributed by atoms with Gasteiger partial charge in [0.25, 0.3) is 0 Å². The highest BCUT2D eigenvalue weighted by molar-refractivity contribution is 8.01. The lowest BCUT2D eigenvalue weighted by Gasteiger charge is -2.35. The fraction of sp³-hybridized carbons (Fsp3) is 0.692. The van der Waals surface area contributed by atoms with E-state index in [9.17, 15) is 15.0 Å². The molecule has 5 atom stereocenters. The van der Waals surface area contributed by atoms with Crippen molar-refractivity contribution in [2.24, 2.45) is 5.92 Å². The highest BCUT2D eigenvalue weighted by atomic mass is 32.2. The van der Waals surface area contributed by atoms with E-state index in [-0.39, 0.29) is 17.6 Å². The van der Waals surface area contributed by atoms with Gasteiger partial charge < -0.3 is 14.9 Å². The minimum Gasteiger partial charge on any atom is -0.457 e. The van der Waals surface area contributed by atoms with Gasteiger partial charge in [-0.05, 0) is 71.4 Å². The number of allylic oxidation sites excluding steroid dienone is 1. The molecule has 33 heavy (non-hydrogen) atoms. The molecular formula is C26H41NO4S2. The second kappa shape index (κ2) is 12.5. The monoisotopic (exact) mass is 495 g/mol. The molecular weight excluding hydrogens is 454 g/mol. The Bertz CT molecular complexity index is 845. The lowest BCUT2D eigenvalue weighted by Crippen LogP contribution is -2.40. The lowest BCUT2D eigenvalue weighted by molar-refractivity contribution is -0.149. The number of aryl methyl sites for hydroxylation is 1. The Balaban J connectivity index is 2.27. The zero-order valence-electron chi connectivity index (χ0n) is 21.1. The van der Waals surface area contributed by atoms with Crippen molar-refractivity contribution in [2.45, 2.75) is 109 Å². The van der Waals surface area contributed by atoms with Crippen LogP contribution in [-0.2, 0) is 9.53 Å². The molecule has 186 valence electrons. The molecule has 0 radical (unpaired) electrons. The number of hydrogen-bond donors (Lipinski definition) is 2. The highest BCUT2D eigenvalue weighted by Gasteiger charge is 2.35. The molecule has 1 aromatic rings. The molecule has 2 rings (SSSR count). The van der Waals surface area contributed by atoms with Crippen LogP contribution in [0.25, 0.3) is 6.08 Å². The van der Waals surface area contributed by atoms with Gasteiger partial charge in [0.15, 0.2) is 0 Å². The molecule has 1 aliphatic rings. The molecule has 0 aliphatic carbocycles. The third kappa shape index (κ3) is 8.85. The van der Waals surface area contributed by atoms with Crippen LogP contribution in [0.5, 0.6) is 0 Å². The van der Waals surface area contributed by atoms with Crippen LogP contribution in [-0.4, -0.2) is 49.5 Å². The first kappa shape index (κ1) is 28.1. The highest BCUT2D eigenvalue weighted by Crippen LogP contribution is 2.37. The van der Waals surface area contributed by atoms with Crippen molar-refractivity contribution in [3.8, 4) is 0 Å². The second-order valence-corrected chi connectivity index (χ2v) is 13.0. The van der Waals surface area contributed by atoms with Gasteiger partial charge in [0.1, 0.15) is 6.10 Å². The normalized spacial score (nSPS) is 31.1. The maximum absolute atomic E-state index is 12.8. The number of ether oxygens (including phenoxy) is 1. The number of cyclic esters (lactones) is 1. The van der Waals surface area contributed by atoms with E-state index >= 15 is 0 Å². The van der Waals surface area contributed by atoms with E-state index in [2.05, 4.69) is 24.9 Å². The van der Waals surface area contributed by atoms with Crippen LogP contribution >= 0.6 is 23.1 Å². The average molecular weight is 496 g/mol. The number of thioether (sulfide) groups is 1. The number of carbonyl (C=O) groups is 1. The predicted molar refractivity (Wildman–Crippen MR) is 140 cm³/mol. The summed E-state index contributed by atoms with van der Waals surface area (Å²) in [5.74, 6) is -0.242. The summed E-state index contributed by atoms with van der Waals surface area (Å²) in [5, 5.41) is 24.6. The van der Waals surface area contributed by atoms with Crippen LogP contribution in [0.3, 0.4) is 0 Å². The number of nitrogens with zero attached hydrogens (tertiary/aromatic N) is 1. The zero-order chi connectivity index (χ0) is 24.8. The summed E-state index contributed by atoms with van der Waals surface area (Å²) >= 11 is 3.13. The fourth-order valence-electron chi connectivity index (χ4n) is 4.08. The molecule has 7 heteroatoms. The van der Waals surface area contributed by atoms with E-state index in [1.807, 2.05) is 46.1 Å². The van der Waals surface area contributed by atoms with Gasteiger partial charge in [-0.1, -0.05) is 25.5 Å². The molecule has 1 aliphatic heterocycles. The minimum atomic E-state index is -0.878. The summed E-state index contributed by atoms with van der Waals surface area (Å²) < 4.78 is 5.28. The van der Waals surface area contributed by atoms with Gasteiger partial charge in [0.05, 0.1) is 29.3 Å². The quantitative estimate of drug-likeness (QED) is 0.391. The number of aliphatic hydroxyl groups excluding tert-OH is 2. The first-order valence-electron chi connectivity index (χ1n) is 11.9. The van der Waals surface area contributed by atoms with Gasteiger partial charge in [-0.3, -0.25) is 4.79 Å². The molecule has 5 nitrogen and oxygen atoms in total. The van der Waals surface area contributed by atoms with E-state index in [0.29, 0.717) is 6.42 Å². The first-order chi connectivity index (χ1) is 15.4. The maximum atomic E-state index is 12.8. The van der Waals surface area contributed by atoms with Crippen molar-refractivity contribution in [1.82, 2.24) is 4.98 Å². The summed E-state index contributed by atoms with van der Waals surface area (Å²) in [6.07, 6.45) is 5.79. The smallest absolute Gasteiger partial charge is 0.309 e. The van der Waals surface area contributed by atoms with Crippen molar-refractivity contribution in [3.63, 3.8) is 0 Å². The van der Waals surface area contributed by atoms with Crippen molar-refractivity contribution in [2.75, 3.05) is 0 Å². The van der Waals surface area contributed by atoms with Gasteiger partial charge in [-0.2, -0.15) is 0 Å². The molecule has 0 fully saturated rings. The summed E-state index contributed by atoms with van der Waals surface area (Å²) in [4.78, 5) is 17.3. The molecule has 0 unspecified atom stereocenters. The second-order valence-electron chi connectivity index (χ2n) is 9.95. The van der Waals surface area contributed by atoms with Crippen LogP contribution in [0.15, 0.2) is 22.6 Å². The molecule has 2 heterocycles. The SMILES string of the molecule is CC1=CC[C@@H](/C(C)=C\c2csc(C)n2)OC(=O)C[C@H](O)C(C)(C)S[C@H](C)[C@@H](O)[C@@H](C)CCC1. The number of aliphatic hydroxyl groups is 2. The first-order valence-corrected chi connectivity index (χ1v) is 13.6. The van der Waals surface area contributed by atoms with Gasteiger partial charge in [0, 0.05) is 21.8 Å². The van der Waals surface area contributed by atoms with E-state index in [4.69, 9.17) is 4.74 Å². The van der Waals surface area contributed by atoms with Crippen LogP contribution in [0.1, 0.15) is 84.3 Å². The standard InChI is InChI=1S/C26H41NO4S2/c1-16-9-8-10-17(2)25(30)19(4)33-26(6,7)23(28)14-24(29)31-22(12-11-16)18(3)13-21-15-32-20(5)27-21/h11,13,15,17,19,22-23,25,28,30H,8-10,12,14H2,1-7H3/b16-11?,18-13-/t17-,19+,22-,23-,25-/m0/s1. The number of thiazole rings is 1. The number of carbonyl (C=O) groups excluding carboxylic acids is 1. The molecule has 0 aromatic carbocycles. The van der Waals surface area contributed by atoms with Crippen molar-refractivity contribution >= 4 is 35.1 Å². The fourth-order valence-corrected chi connectivity index (χ4v) is 6.26. The molecule has 2 N–H and O–H groups in total. The van der Waals surface area contributed by atoms with E-state index < -0.39 is 29.0 Å². The summed E-state index contributed by atoms with van der Waals surface area (Å²) in [5.41, 5.74) is 3.07. The van der Waals surface area contributed by atoms with Crippen LogP contribution in [0.2, 0.25) is 0 Å². The third-order valence-corrected chi connectivity index (χ3v) is 8.74. The van der Waals surface area contributed by atoms with Crippen LogP contribution in [0, 0.1) is 12.8 Å². The Morgan fingerprint density at radius 2 is 1.97 bits per heavy atom. The van der Waals surface area contributed by atoms with Gasteiger partial charge in [0.2, 0.25) is 0 Å². The van der Waals surface area contributed by atoms with Crippen molar-refractivity contribution in [3.05, 3.63) is 33.3 Å². The lowest BCUT2D eigenvalue weighted by atomic mass is 9.94. The largest absolute Gasteiger partial charge is 0.457 e. The van der Waals surface area contributed by atoms with Crippen molar-refractivity contribution in [1.29, 1.82) is 0 Å². The van der Waals surface area contributed by atoms with E-state index in [1.54, 1.807) is 11.3 Å². The minimum absolute atomic E-state index is 0.0512. The summed E-state index contributed by atoms with van der Waals surface area (Å²) in [7, 11) is 0. The Kier molecular flexibility index (Phi) is 10.7. The Labute approximate surface area is 207 Å². The molecule has 0 saturated carbocycles. The maximum Gasteiger partial charge on any atom is 0.309 e. The third-order valence-electron chi connectivity index (χ3n) is 6.42. The van der Waals surface area contributed by atoms with E-state index in [1.165, 1.54) is 17.3 Å². The average Bonchev–Trinajstić information content (AvgIpc) is 3.13. The number of aromatic nitrogens is 1.